The highest BCUT2D eigenvalue weighted by atomic mass is 35.5. The summed E-state index contributed by atoms with van der Waals surface area (Å²) < 4.78 is 5.44. The number of nitrogens with zero attached hydrogens (tertiary/aromatic N) is 3. The van der Waals surface area contributed by atoms with E-state index in [1.807, 2.05) is 54.3 Å². The molecule has 0 unspecified atom stereocenters. The van der Waals surface area contributed by atoms with E-state index in [1.165, 1.54) is 0 Å². The molecule has 5 nitrogen and oxygen atoms in total. The topological polar surface area (TPSA) is 59.2 Å². The Balaban J connectivity index is 1.52. The van der Waals surface area contributed by atoms with E-state index in [0.29, 0.717) is 29.7 Å². The molecule has 1 aliphatic heterocycles. The highest BCUT2D eigenvalue weighted by molar-refractivity contribution is 6.30. The molecule has 1 aliphatic rings. The van der Waals surface area contributed by atoms with Gasteiger partial charge in [-0.05, 0) is 24.6 Å². The zero-order chi connectivity index (χ0) is 18.1. The fraction of sp³-hybridized carbons (Fsp3) is 0.250. The van der Waals surface area contributed by atoms with Crippen LogP contribution in [-0.4, -0.2) is 27.5 Å². The number of likely N-dealkylation sites (tertiary alicyclic amines) is 1. The number of rotatable bonds is 4. The highest BCUT2D eigenvalue weighted by Crippen LogP contribution is 2.34. The molecule has 0 aliphatic carbocycles. The van der Waals surface area contributed by atoms with E-state index in [1.54, 1.807) is 12.1 Å². The summed E-state index contributed by atoms with van der Waals surface area (Å²) in [5.74, 6) is 1.00. The van der Waals surface area contributed by atoms with E-state index in [4.69, 9.17) is 16.1 Å². The molecule has 1 saturated heterocycles. The van der Waals surface area contributed by atoms with E-state index in [9.17, 15) is 4.79 Å². The molecule has 0 saturated carbocycles. The number of carbonyl (C=O) groups is 1. The number of hydrogen-bond donors (Lipinski definition) is 0. The lowest BCUT2D eigenvalue weighted by atomic mass is 10.1. The third kappa shape index (κ3) is 3.22. The molecule has 1 aromatic heterocycles. The van der Waals surface area contributed by atoms with Crippen molar-refractivity contribution in [2.75, 3.05) is 6.54 Å². The van der Waals surface area contributed by atoms with E-state index >= 15 is 0 Å². The smallest absolute Gasteiger partial charge is 0.232 e. The third-order valence-corrected chi connectivity index (χ3v) is 5.02. The molecule has 2 aromatic carbocycles. The molecule has 3 aromatic rings. The first-order chi connectivity index (χ1) is 12.6. The van der Waals surface area contributed by atoms with Crippen LogP contribution in [0.25, 0.3) is 11.4 Å². The summed E-state index contributed by atoms with van der Waals surface area (Å²) in [6.45, 7) is 2.62. The van der Waals surface area contributed by atoms with Gasteiger partial charge in [0.1, 0.15) is 0 Å². The number of aromatic nitrogens is 2. The lowest BCUT2D eigenvalue weighted by molar-refractivity contribution is -0.129. The van der Waals surface area contributed by atoms with Crippen molar-refractivity contribution in [3.05, 3.63) is 71.1 Å². The van der Waals surface area contributed by atoms with Gasteiger partial charge in [-0.25, -0.2) is 0 Å². The molecule has 2 atom stereocenters. The van der Waals surface area contributed by atoms with Crippen molar-refractivity contribution in [2.24, 2.45) is 0 Å². The van der Waals surface area contributed by atoms with Gasteiger partial charge in [-0.2, -0.15) is 4.98 Å². The molecular formula is C20H18ClN3O2. The molecule has 2 heterocycles. The van der Waals surface area contributed by atoms with Crippen LogP contribution in [0.2, 0.25) is 5.02 Å². The fourth-order valence-electron chi connectivity index (χ4n) is 3.33. The van der Waals surface area contributed by atoms with Crippen LogP contribution in [0, 0.1) is 0 Å². The summed E-state index contributed by atoms with van der Waals surface area (Å²) in [5, 5.41) is 4.67. The number of amides is 1. The van der Waals surface area contributed by atoms with Crippen LogP contribution in [-0.2, 0) is 4.79 Å². The van der Waals surface area contributed by atoms with E-state index in [0.717, 1.165) is 11.1 Å². The molecule has 0 N–H and O–H groups in total. The zero-order valence-corrected chi connectivity index (χ0v) is 15.1. The molecule has 6 heteroatoms. The number of halogens is 1. The fourth-order valence-corrected chi connectivity index (χ4v) is 3.52. The minimum absolute atomic E-state index is 0.0176. The highest BCUT2D eigenvalue weighted by Gasteiger charge is 2.37. The average Bonchev–Trinajstić information content (AvgIpc) is 3.29. The molecule has 0 spiro atoms. The molecule has 132 valence electrons. The largest absolute Gasteiger partial charge is 0.339 e. The van der Waals surface area contributed by atoms with Gasteiger partial charge in [0, 0.05) is 23.6 Å². The van der Waals surface area contributed by atoms with Crippen LogP contribution in [0.15, 0.2) is 59.1 Å². The number of hydrogen-bond acceptors (Lipinski definition) is 4. The Hall–Kier alpha value is -2.66. The van der Waals surface area contributed by atoms with Crippen LogP contribution in [0.1, 0.15) is 36.8 Å². The summed E-state index contributed by atoms with van der Waals surface area (Å²) in [6, 6.07) is 17.3. The first-order valence-electron chi connectivity index (χ1n) is 8.56. The van der Waals surface area contributed by atoms with Crippen molar-refractivity contribution >= 4 is 17.5 Å². The van der Waals surface area contributed by atoms with Crippen LogP contribution in [0.4, 0.5) is 0 Å². The Labute approximate surface area is 156 Å². The molecule has 1 amide bonds. The second-order valence-corrected chi connectivity index (χ2v) is 6.94. The van der Waals surface area contributed by atoms with Gasteiger partial charge in [-0.1, -0.05) is 59.2 Å². The van der Waals surface area contributed by atoms with Crippen molar-refractivity contribution in [2.45, 2.75) is 25.3 Å². The quantitative estimate of drug-likeness (QED) is 0.682. The maximum atomic E-state index is 12.5. The van der Waals surface area contributed by atoms with Crippen LogP contribution < -0.4 is 0 Å². The summed E-state index contributed by atoms with van der Waals surface area (Å²) in [4.78, 5) is 18.9. The lowest BCUT2D eigenvalue weighted by Gasteiger charge is -2.24. The standard InChI is InChI=1S/C20H18ClN3O2/c1-13(14-6-3-2-4-7-14)24-12-16(11-18(24)25)20-22-19(23-26-20)15-8-5-9-17(21)10-15/h2-10,13,16H,11-12H2,1H3/t13-,16-/m1/s1. The summed E-state index contributed by atoms with van der Waals surface area (Å²) in [5.41, 5.74) is 1.91. The monoisotopic (exact) mass is 367 g/mol. The van der Waals surface area contributed by atoms with Crippen LogP contribution in [0.3, 0.4) is 0 Å². The Morgan fingerprint density at radius 2 is 2.00 bits per heavy atom. The Morgan fingerprint density at radius 1 is 1.19 bits per heavy atom. The SMILES string of the molecule is C[C@H](c1ccccc1)N1C[C@H](c2nc(-c3cccc(Cl)c3)no2)CC1=O. The first-order valence-corrected chi connectivity index (χ1v) is 8.93. The minimum Gasteiger partial charge on any atom is -0.339 e. The van der Waals surface area contributed by atoms with Gasteiger partial charge < -0.3 is 9.42 Å². The summed E-state index contributed by atoms with van der Waals surface area (Å²) in [6.07, 6.45) is 0.383. The summed E-state index contributed by atoms with van der Waals surface area (Å²) >= 11 is 6.02. The van der Waals surface area contributed by atoms with Gasteiger partial charge in [-0.3, -0.25) is 4.79 Å². The molecular weight excluding hydrogens is 350 g/mol. The maximum absolute atomic E-state index is 12.5. The van der Waals surface area contributed by atoms with Crippen molar-refractivity contribution in [1.82, 2.24) is 15.0 Å². The lowest BCUT2D eigenvalue weighted by Crippen LogP contribution is -2.28. The van der Waals surface area contributed by atoms with Gasteiger partial charge in [0.05, 0.1) is 12.0 Å². The zero-order valence-electron chi connectivity index (χ0n) is 14.3. The molecule has 1 fully saturated rings. The maximum Gasteiger partial charge on any atom is 0.232 e. The minimum atomic E-state index is -0.0888. The van der Waals surface area contributed by atoms with Crippen molar-refractivity contribution in [3.8, 4) is 11.4 Å². The average molecular weight is 368 g/mol. The van der Waals surface area contributed by atoms with Crippen molar-refractivity contribution in [3.63, 3.8) is 0 Å². The molecule has 0 radical (unpaired) electrons. The Morgan fingerprint density at radius 3 is 2.77 bits per heavy atom. The first kappa shape index (κ1) is 16.8. The van der Waals surface area contributed by atoms with E-state index < -0.39 is 0 Å². The van der Waals surface area contributed by atoms with Crippen molar-refractivity contribution < 1.29 is 9.32 Å². The van der Waals surface area contributed by atoms with Gasteiger partial charge in [0.2, 0.25) is 17.6 Å². The van der Waals surface area contributed by atoms with Gasteiger partial charge >= 0.3 is 0 Å². The molecule has 0 bridgehead atoms. The molecule has 4 rings (SSSR count). The predicted molar refractivity (Wildman–Crippen MR) is 98.7 cm³/mol. The number of carbonyl (C=O) groups excluding carboxylic acids is 1. The van der Waals surface area contributed by atoms with Gasteiger partial charge in [0.25, 0.3) is 0 Å². The molecule has 26 heavy (non-hydrogen) atoms. The van der Waals surface area contributed by atoms with Crippen molar-refractivity contribution in [1.29, 1.82) is 0 Å². The van der Waals surface area contributed by atoms with Gasteiger partial charge in [-0.15, -0.1) is 0 Å². The Bertz CT molecular complexity index is 926. The Kier molecular flexibility index (Phi) is 4.47. The predicted octanol–water partition coefficient (Wildman–Crippen LogP) is 4.47. The third-order valence-electron chi connectivity index (χ3n) is 4.78. The van der Waals surface area contributed by atoms with E-state index in [-0.39, 0.29) is 17.9 Å². The van der Waals surface area contributed by atoms with Gasteiger partial charge in [0.15, 0.2) is 0 Å². The normalized spacial score (nSPS) is 18.3. The van der Waals surface area contributed by atoms with Crippen LogP contribution in [0.5, 0.6) is 0 Å². The summed E-state index contributed by atoms with van der Waals surface area (Å²) in [7, 11) is 0. The second kappa shape index (κ2) is 6.92. The second-order valence-electron chi connectivity index (χ2n) is 6.50. The van der Waals surface area contributed by atoms with E-state index in [2.05, 4.69) is 10.1 Å². The number of benzene rings is 2. The van der Waals surface area contributed by atoms with Crippen LogP contribution >= 0.6 is 11.6 Å².